The first-order valence-corrected chi connectivity index (χ1v) is 10.5. The fourth-order valence-electron chi connectivity index (χ4n) is 3.42. The Balaban J connectivity index is 1.74. The van der Waals surface area contributed by atoms with Gasteiger partial charge in [0.2, 0.25) is 5.28 Å². The third-order valence-corrected chi connectivity index (χ3v) is 6.42. The maximum atomic E-state index is 11.7. The number of hydrogen-bond acceptors (Lipinski definition) is 7. The van der Waals surface area contributed by atoms with E-state index in [0.29, 0.717) is 30.1 Å². The van der Waals surface area contributed by atoms with Crippen LogP contribution in [0.15, 0.2) is 6.33 Å². The molecule has 0 radical (unpaired) electrons. The van der Waals surface area contributed by atoms with Gasteiger partial charge in [0.1, 0.15) is 28.9 Å². The van der Waals surface area contributed by atoms with E-state index in [4.69, 9.17) is 11.6 Å². The number of anilines is 2. The van der Waals surface area contributed by atoms with Crippen LogP contribution in [0.25, 0.3) is 11.0 Å². The minimum atomic E-state index is -0.744. The Bertz CT molecular complexity index is 762. The van der Waals surface area contributed by atoms with Crippen LogP contribution in [0.2, 0.25) is 5.28 Å². The summed E-state index contributed by atoms with van der Waals surface area (Å²) in [6.07, 6.45) is 3.88. The lowest BCUT2D eigenvalue weighted by atomic mass is 9.99. The summed E-state index contributed by atoms with van der Waals surface area (Å²) < 4.78 is 11.7. The Kier molecular flexibility index (Phi) is 4.84. The highest BCUT2D eigenvalue weighted by Gasteiger charge is 2.26. The van der Waals surface area contributed by atoms with Crippen molar-refractivity contribution in [2.45, 2.75) is 19.8 Å². The van der Waals surface area contributed by atoms with Crippen molar-refractivity contribution < 1.29 is 4.55 Å². The molecule has 0 N–H and O–H groups in total. The second-order valence-corrected chi connectivity index (χ2v) is 8.75. The zero-order chi connectivity index (χ0) is 17.4. The predicted octanol–water partition coefficient (Wildman–Crippen LogP) is 1.88. The summed E-state index contributed by atoms with van der Waals surface area (Å²) in [6.45, 7) is 5.60. The van der Waals surface area contributed by atoms with E-state index in [-0.39, 0.29) is 5.28 Å². The molecule has 2 aliphatic heterocycles. The first-order valence-electron chi connectivity index (χ1n) is 8.65. The Hall–Kier alpha value is -1.38. The topological polar surface area (TPSA) is 81.1 Å². The molecule has 0 amide bonds. The summed E-state index contributed by atoms with van der Waals surface area (Å²) in [5, 5.41) is 0.204. The highest BCUT2D eigenvalue weighted by molar-refractivity contribution is 7.91. The van der Waals surface area contributed by atoms with Crippen molar-refractivity contribution in [2.75, 3.05) is 47.5 Å². The third-order valence-electron chi connectivity index (χ3n) is 4.98. The molecule has 0 unspecified atom stereocenters. The monoisotopic (exact) mass is 380 g/mol. The number of rotatable bonds is 2. The molecule has 2 aliphatic rings. The normalized spacial score (nSPS) is 20.4. The lowest BCUT2D eigenvalue weighted by molar-refractivity contribution is 0.437. The molecule has 7 nitrogen and oxygen atoms in total. The zero-order valence-electron chi connectivity index (χ0n) is 14.2. The molecule has 0 aromatic carbocycles. The highest BCUT2D eigenvalue weighted by Crippen LogP contribution is 2.31. The molecule has 2 aromatic rings. The molecule has 2 aromatic heterocycles. The number of nitrogens with zero attached hydrogens (tertiary/aromatic N) is 6. The fourth-order valence-corrected chi connectivity index (χ4v) is 4.63. The van der Waals surface area contributed by atoms with E-state index in [2.05, 4.69) is 36.7 Å². The maximum Gasteiger partial charge on any atom is 0.225 e. The minimum absolute atomic E-state index is 0.204. The Labute approximate surface area is 155 Å². The Morgan fingerprint density at radius 1 is 1.00 bits per heavy atom. The third kappa shape index (κ3) is 3.47. The number of fused-ring (bicyclic) bond motifs is 1. The Morgan fingerprint density at radius 2 is 1.68 bits per heavy atom. The van der Waals surface area contributed by atoms with Gasteiger partial charge in [-0.25, -0.2) is 15.0 Å². The lowest BCUT2D eigenvalue weighted by Crippen LogP contribution is -2.41. The summed E-state index contributed by atoms with van der Waals surface area (Å²) in [5.74, 6) is 3.59. The van der Waals surface area contributed by atoms with E-state index in [0.717, 1.165) is 49.0 Å². The average molecular weight is 381 g/mol. The summed E-state index contributed by atoms with van der Waals surface area (Å²) in [7, 11) is 0. The molecule has 134 valence electrons. The van der Waals surface area contributed by atoms with Crippen LogP contribution in [-0.4, -0.2) is 62.2 Å². The van der Waals surface area contributed by atoms with Crippen molar-refractivity contribution >= 4 is 45.4 Å². The van der Waals surface area contributed by atoms with Gasteiger partial charge in [-0.15, -0.1) is 0 Å². The zero-order valence-corrected chi connectivity index (χ0v) is 15.8. The van der Waals surface area contributed by atoms with Gasteiger partial charge in [-0.3, -0.25) is 0 Å². The molecule has 9 heteroatoms. The van der Waals surface area contributed by atoms with Gasteiger partial charge in [-0.1, -0.05) is 18.1 Å². The van der Waals surface area contributed by atoms with Crippen molar-refractivity contribution in [3.63, 3.8) is 0 Å². The molecule has 4 rings (SSSR count). The van der Waals surface area contributed by atoms with Gasteiger partial charge >= 0.3 is 0 Å². The van der Waals surface area contributed by atoms with Crippen molar-refractivity contribution in [2.24, 2.45) is 5.92 Å². The van der Waals surface area contributed by atoms with Crippen LogP contribution < -0.4 is 9.80 Å². The van der Waals surface area contributed by atoms with E-state index < -0.39 is 11.2 Å². The van der Waals surface area contributed by atoms with Gasteiger partial charge in [0.25, 0.3) is 0 Å². The first-order chi connectivity index (χ1) is 12.1. The summed E-state index contributed by atoms with van der Waals surface area (Å²) >= 11 is 5.48. The van der Waals surface area contributed by atoms with Crippen molar-refractivity contribution in [1.82, 2.24) is 19.9 Å². The molecule has 2 saturated heterocycles. The smallest absolute Gasteiger partial charge is 0.225 e. The van der Waals surface area contributed by atoms with Crippen molar-refractivity contribution in [3.8, 4) is 0 Å². The van der Waals surface area contributed by atoms with Gasteiger partial charge in [0.05, 0.1) is 13.1 Å². The molecular weight excluding hydrogens is 360 g/mol. The molecule has 2 fully saturated rings. The molecule has 0 aliphatic carbocycles. The van der Waals surface area contributed by atoms with E-state index >= 15 is 0 Å². The number of hydrogen-bond donors (Lipinski definition) is 0. The number of piperidine rings is 1. The number of halogens is 1. The van der Waals surface area contributed by atoms with Crippen LogP contribution in [0.4, 0.5) is 11.6 Å². The van der Waals surface area contributed by atoms with Crippen LogP contribution in [0.5, 0.6) is 0 Å². The van der Waals surface area contributed by atoms with Crippen molar-refractivity contribution in [1.29, 1.82) is 0 Å². The molecule has 0 atom stereocenters. The molecular formula is C16H21ClN6OS. The van der Waals surface area contributed by atoms with Crippen LogP contribution in [0, 0.1) is 5.92 Å². The van der Waals surface area contributed by atoms with E-state index in [9.17, 15) is 4.55 Å². The fraction of sp³-hybridized carbons (Fsp3) is 0.625. The second-order valence-electron chi connectivity index (χ2n) is 6.72. The van der Waals surface area contributed by atoms with Crippen LogP contribution in [0.3, 0.4) is 0 Å². The highest BCUT2D eigenvalue weighted by atomic mass is 35.5. The molecule has 25 heavy (non-hydrogen) atoms. The van der Waals surface area contributed by atoms with E-state index in [1.54, 1.807) is 6.33 Å². The van der Waals surface area contributed by atoms with Gasteiger partial charge in [-0.05, 0) is 30.4 Å². The van der Waals surface area contributed by atoms with E-state index in [1.807, 2.05) is 0 Å². The second kappa shape index (κ2) is 7.09. The standard InChI is InChI=1S/C16H21ClN6OS/c1-11-2-4-22(5-3-11)14-13-12(18-10-19-14)15(21-16(17)20-13)23-6-8-25(24)9-7-23/h10-11H,2-9H2,1H3. The minimum Gasteiger partial charge on any atom is -0.616 e. The molecule has 0 spiro atoms. The maximum absolute atomic E-state index is 11.7. The summed E-state index contributed by atoms with van der Waals surface area (Å²) in [5.41, 5.74) is 1.43. The van der Waals surface area contributed by atoms with Gasteiger partial charge < -0.3 is 14.4 Å². The van der Waals surface area contributed by atoms with Crippen LogP contribution in [-0.2, 0) is 11.2 Å². The molecule has 4 heterocycles. The van der Waals surface area contributed by atoms with Crippen molar-refractivity contribution in [3.05, 3.63) is 11.6 Å². The van der Waals surface area contributed by atoms with E-state index in [1.165, 1.54) is 0 Å². The quantitative estimate of drug-likeness (QED) is 0.581. The van der Waals surface area contributed by atoms with Gasteiger partial charge in [0.15, 0.2) is 11.6 Å². The van der Waals surface area contributed by atoms with Gasteiger partial charge in [0, 0.05) is 13.1 Å². The predicted molar refractivity (Wildman–Crippen MR) is 101 cm³/mol. The molecule has 0 saturated carbocycles. The van der Waals surface area contributed by atoms with Crippen LogP contribution >= 0.6 is 11.6 Å². The molecule has 0 bridgehead atoms. The summed E-state index contributed by atoms with van der Waals surface area (Å²) in [6, 6.07) is 0. The SMILES string of the molecule is CC1CCN(c2ncnc3c(N4CC[S+]([O-])CC4)nc(Cl)nc23)CC1. The summed E-state index contributed by atoms with van der Waals surface area (Å²) in [4.78, 5) is 22.2. The lowest BCUT2D eigenvalue weighted by Gasteiger charge is -2.32. The number of aromatic nitrogens is 4. The van der Waals surface area contributed by atoms with Crippen LogP contribution in [0.1, 0.15) is 19.8 Å². The van der Waals surface area contributed by atoms with Gasteiger partial charge in [-0.2, -0.15) is 4.98 Å². The Morgan fingerprint density at radius 3 is 2.40 bits per heavy atom. The average Bonchev–Trinajstić information content (AvgIpc) is 2.62. The largest absolute Gasteiger partial charge is 0.616 e. The first kappa shape index (κ1) is 17.1.